The van der Waals surface area contributed by atoms with E-state index in [4.69, 9.17) is 4.74 Å². The van der Waals surface area contributed by atoms with Gasteiger partial charge in [0.25, 0.3) is 0 Å². The second-order valence-corrected chi connectivity index (χ2v) is 9.21. The number of piperazine rings is 1. The molecular weight excluding hydrogens is 396 g/mol. The summed E-state index contributed by atoms with van der Waals surface area (Å²) in [6.45, 7) is 2.71. The lowest BCUT2D eigenvalue weighted by atomic mass is 9.86. The van der Waals surface area contributed by atoms with Crippen LogP contribution in [0.2, 0.25) is 0 Å². The third-order valence-electron chi connectivity index (χ3n) is 7.10. The van der Waals surface area contributed by atoms with Gasteiger partial charge in [0.15, 0.2) is 0 Å². The maximum atomic E-state index is 14.2. The van der Waals surface area contributed by atoms with Crippen molar-refractivity contribution in [3.8, 4) is 11.5 Å². The second kappa shape index (κ2) is 8.10. The van der Waals surface area contributed by atoms with E-state index < -0.39 is 0 Å². The van der Waals surface area contributed by atoms with E-state index in [-0.39, 0.29) is 17.9 Å². The first-order chi connectivity index (χ1) is 15.8. The lowest BCUT2D eigenvalue weighted by Gasteiger charge is -2.44. The molecule has 0 bridgehead atoms. The van der Waals surface area contributed by atoms with Crippen LogP contribution in [-0.4, -0.2) is 47.4 Å². The number of carbonyl (C=O) groups is 1. The standard InChI is InChI=1S/C28H28N2O2/c31-28(27-23-10-4-6-12-25(23)32-26-13-7-5-11-24(26)27)30-17-16-29(21-14-15-21)19-22(30)18-20-8-2-1-3-9-20/h1-13,21-22,27H,14-19H2. The molecule has 0 aromatic heterocycles. The lowest BCUT2D eigenvalue weighted by molar-refractivity contribution is -0.137. The molecule has 0 spiro atoms. The first-order valence-corrected chi connectivity index (χ1v) is 11.7. The Kier molecular flexibility index (Phi) is 4.95. The van der Waals surface area contributed by atoms with Crippen LogP contribution < -0.4 is 4.74 Å². The molecule has 3 aromatic carbocycles. The van der Waals surface area contributed by atoms with Gasteiger partial charge >= 0.3 is 0 Å². The number of carbonyl (C=O) groups excluding carboxylic acids is 1. The number of ether oxygens (including phenoxy) is 1. The second-order valence-electron chi connectivity index (χ2n) is 9.21. The van der Waals surface area contributed by atoms with Crippen molar-refractivity contribution in [2.45, 2.75) is 37.3 Å². The minimum Gasteiger partial charge on any atom is -0.457 e. The Balaban J connectivity index is 1.35. The summed E-state index contributed by atoms with van der Waals surface area (Å²) in [5.74, 6) is 1.47. The summed E-state index contributed by atoms with van der Waals surface area (Å²) in [6, 6.07) is 27.5. The van der Waals surface area contributed by atoms with Crippen molar-refractivity contribution in [3.63, 3.8) is 0 Å². The topological polar surface area (TPSA) is 32.8 Å². The first kappa shape index (κ1) is 19.6. The number of hydrogen-bond donors (Lipinski definition) is 0. The summed E-state index contributed by atoms with van der Waals surface area (Å²) in [7, 11) is 0. The largest absolute Gasteiger partial charge is 0.457 e. The number of amides is 1. The molecule has 2 aliphatic heterocycles. The molecule has 1 aliphatic carbocycles. The molecule has 3 aromatic rings. The quantitative estimate of drug-likeness (QED) is 0.601. The zero-order chi connectivity index (χ0) is 21.5. The highest BCUT2D eigenvalue weighted by molar-refractivity contribution is 5.90. The summed E-state index contributed by atoms with van der Waals surface area (Å²) in [5, 5.41) is 0. The average molecular weight is 425 g/mol. The third kappa shape index (κ3) is 3.59. The van der Waals surface area contributed by atoms with Crippen LogP contribution in [0.5, 0.6) is 11.5 Å². The Bertz CT molecular complexity index is 1080. The molecule has 2 heterocycles. The van der Waals surface area contributed by atoms with Gasteiger partial charge in [-0.2, -0.15) is 0 Å². The van der Waals surface area contributed by atoms with Gasteiger partial charge < -0.3 is 9.64 Å². The molecule has 162 valence electrons. The normalized spacial score (nSPS) is 20.9. The van der Waals surface area contributed by atoms with Gasteiger partial charge in [-0.15, -0.1) is 0 Å². The maximum Gasteiger partial charge on any atom is 0.235 e. The predicted molar refractivity (Wildman–Crippen MR) is 125 cm³/mol. The number of fused-ring (bicyclic) bond motifs is 2. The van der Waals surface area contributed by atoms with Gasteiger partial charge in [-0.05, 0) is 37.0 Å². The first-order valence-electron chi connectivity index (χ1n) is 11.7. The molecule has 1 atom stereocenters. The van der Waals surface area contributed by atoms with Gasteiger partial charge in [0.05, 0.1) is 5.92 Å². The van der Waals surface area contributed by atoms with Crippen LogP contribution in [-0.2, 0) is 11.2 Å². The van der Waals surface area contributed by atoms with Gasteiger partial charge in [-0.1, -0.05) is 66.7 Å². The molecule has 2 fully saturated rings. The van der Waals surface area contributed by atoms with E-state index in [1.165, 1.54) is 18.4 Å². The van der Waals surface area contributed by atoms with E-state index in [1.54, 1.807) is 0 Å². The Morgan fingerprint density at radius 2 is 1.44 bits per heavy atom. The molecule has 32 heavy (non-hydrogen) atoms. The zero-order valence-corrected chi connectivity index (χ0v) is 18.2. The number of hydrogen-bond acceptors (Lipinski definition) is 3. The van der Waals surface area contributed by atoms with E-state index in [0.717, 1.165) is 54.7 Å². The molecule has 6 rings (SSSR count). The van der Waals surface area contributed by atoms with E-state index >= 15 is 0 Å². The van der Waals surface area contributed by atoms with Crippen molar-refractivity contribution >= 4 is 5.91 Å². The van der Waals surface area contributed by atoms with Crippen LogP contribution in [0, 0.1) is 0 Å². The predicted octanol–water partition coefficient (Wildman–Crippen LogP) is 4.84. The van der Waals surface area contributed by atoms with Crippen LogP contribution in [0.4, 0.5) is 0 Å². The maximum absolute atomic E-state index is 14.2. The minimum absolute atomic E-state index is 0.182. The Morgan fingerprint density at radius 1 is 0.812 bits per heavy atom. The SMILES string of the molecule is O=C(C1c2ccccc2Oc2ccccc21)N1CCN(C2CC2)CC1Cc1ccccc1. The Labute approximate surface area is 189 Å². The highest BCUT2D eigenvalue weighted by Gasteiger charge is 2.41. The summed E-state index contributed by atoms with van der Waals surface area (Å²) in [4.78, 5) is 19.0. The number of rotatable bonds is 4. The fourth-order valence-electron chi connectivity index (χ4n) is 5.34. The molecule has 1 saturated heterocycles. The molecular formula is C28H28N2O2. The zero-order valence-electron chi connectivity index (χ0n) is 18.2. The van der Waals surface area contributed by atoms with Crippen molar-refractivity contribution in [2.24, 2.45) is 0 Å². The Hall–Kier alpha value is -3.11. The van der Waals surface area contributed by atoms with Crippen molar-refractivity contribution < 1.29 is 9.53 Å². The highest BCUT2D eigenvalue weighted by atomic mass is 16.5. The highest BCUT2D eigenvalue weighted by Crippen LogP contribution is 2.45. The van der Waals surface area contributed by atoms with Crippen molar-refractivity contribution in [3.05, 3.63) is 95.6 Å². The minimum atomic E-state index is -0.318. The van der Waals surface area contributed by atoms with Crippen LogP contribution in [0.15, 0.2) is 78.9 Å². The molecule has 0 N–H and O–H groups in total. The summed E-state index contributed by atoms with van der Waals surface area (Å²) in [5.41, 5.74) is 3.24. The van der Waals surface area contributed by atoms with Gasteiger partial charge in [-0.3, -0.25) is 9.69 Å². The molecule has 1 unspecified atom stereocenters. The van der Waals surface area contributed by atoms with Gasteiger partial charge in [0.1, 0.15) is 11.5 Å². The summed E-state index contributed by atoms with van der Waals surface area (Å²) in [6.07, 6.45) is 3.49. The number of benzene rings is 3. The van der Waals surface area contributed by atoms with Gasteiger partial charge in [-0.25, -0.2) is 0 Å². The van der Waals surface area contributed by atoms with Crippen molar-refractivity contribution in [1.29, 1.82) is 0 Å². The molecule has 1 saturated carbocycles. The van der Waals surface area contributed by atoms with Gasteiger partial charge in [0.2, 0.25) is 5.91 Å². The average Bonchev–Trinajstić information content (AvgIpc) is 3.68. The van der Waals surface area contributed by atoms with Crippen LogP contribution in [0.3, 0.4) is 0 Å². The van der Waals surface area contributed by atoms with E-state index in [9.17, 15) is 4.79 Å². The number of nitrogens with zero attached hydrogens (tertiary/aromatic N) is 2. The number of para-hydroxylation sites is 2. The fraction of sp³-hybridized carbons (Fsp3) is 0.321. The van der Waals surface area contributed by atoms with Crippen LogP contribution in [0.1, 0.15) is 35.4 Å². The van der Waals surface area contributed by atoms with E-state index in [2.05, 4.69) is 40.1 Å². The smallest absolute Gasteiger partial charge is 0.235 e. The van der Waals surface area contributed by atoms with E-state index in [0.29, 0.717) is 0 Å². The molecule has 1 amide bonds. The molecule has 4 heteroatoms. The van der Waals surface area contributed by atoms with Crippen molar-refractivity contribution in [1.82, 2.24) is 9.80 Å². The van der Waals surface area contributed by atoms with Gasteiger partial charge in [0, 0.05) is 42.8 Å². The third-order valence-corrected chi connectivity index (χ3v) is 7.10. The van der Waals surface area contributed by atoms with Crippen molar-refractivity contribution in [2.75, 3.05) is 19.6 Å². The molecule has 0 radical (unpaired) electrons. The van der Waals surface area contributed by atoms with Crippen LogP contribution in [0.25, 0.3) is 0 Å². The van der Waals surface area contributed by atoms with E-state index in [1.807, 2.05) is 48.5 Å². The Morgan fingerprint density at radius 3 is 2.09 bits per heavy atom. The monoisotopic (exact) mass is 424 g/mol. The molecule has 3 aliphatic rings. The lowest BCUT2D eigenvalue weighted by Crippen LogP contribution is -2.57. The fourth-order valence-corrected chi connectivity index (χ4v) is 5.34. The summed E-state index contributed by atoms with van der Waals surface area (Å²) >= 11 is 0. The summed E-state index contributed by atoms with van der Waals surface area (Å²) < 4.78 is 6.15. The molecule has 4 nitrogen and oxygen atoms in total. The van der Waals surface area contributed by atoms with Crippen LogP contribution >= 0.6 is 0 Å².